The number of hydrogen-bond donors (Lipinski definition) is 1. The summed E-state index contributed by atoms with van der Waals surface area (Å²) in [6.07, 6.45) is 3.60. The summed E-state index contributed by atoms with van der Waals surface area (Å²) >= 11 is 0. The monoisotopic (exact) mass is 221 g/mol. The highest BCUT2D eigenvalue weighted by Crippen LogP contribution is 2.30. The lowest BCUT2D eigenvalue weighted by atomic mass is 9.80. The average molecular weight is 221 g/mol. The maximum absolute atomic E-state index is 13.5. The van der Waals surface area contributed by atoms with Gasteiger partial charge < -0.3 is 5.32 Å². The topological polar surface area (TPSA) is 12.0 Å². The number of rotatable bonds is 2. The minimum atomic E-state index is -0.145. The highest BCUT2D eigenvalue weighted by Gasteiger charge is 2.24. The largest absolute Gasteiger partial charge is 0.380 e. The van der Waals surface area contributed by atoms with Crippen molar-refractivity contribution in [2.45, 2.75) is 39.2 Å². The molecule has 0 radical (unpaired) electrons. The van der Waals surface area contributed by atoms with E-state index in [0.29, 0.717) is 11.7 Å². The van der Waals surface area contributed by atoms with Gasteiger partial charge in [-0.25, -0.2) is 4.39 Å². The molecule has 1 aromatic carbocycles. The molecule has 1 aromatic rings. The first-order valence-electron chi connectivity index (χ1n) is 6.16. The highest BCUT2D eigenvalue weighted by molar-refractivity contribution is 5.45. The lowest BCUT2D eigenvalue weighted by molar-refractivity contribution is 0.280. The summed E-state index contributed by atoms with van der Waals surface area (Å²) in [6.45, 7) is 4.57. The van der Waals surface area contributed by atoms with E-state index in [1.54, 1.807) is 6.07 Å². The van der Waals surface area contributed by atoms with E-state index in [2.05, 4.69) is 19.2 Å². The second kappa shape index (κ2) is 4.86. The van der Waals surface area contributed by atoms with E-state index in [1.807, 2.05) is 12.1 Å². The minimum Gasteiger partial charge on any atom is -0.380 e. The van der Waals surface area contributed by atoms with Crippen molar-refractivity contribution in [3.05, 3.63) is 30.1 Å². The normalized spacial score (nSPS) is 30.1. The molecule has 2 unspecified atom stereocenters. The van der Waals surface area contributed by atoms with Gasteiger partial charge in [0.15, 0.2) is 0 Å². The summed E-state index contributed by atoms with van der Waals surface area (Å²) in [5, 5.41) is 3.33. The molecule has 1 fully saturated rings. The number of benzene rings is 1. The second-order valence-electron chi connectivity index (χ2n) is 5.24. The molecule has 0 aliphatic heterocycles. The van der Waals surface area contributed by atoms with Crippen molar-refractivity contribution in [3.8, 4) is 0 Å². The van der Waals surface area contributed by atoms with Crippen molar-refractivity contribution in [3.63, 3.8) is 0 Å². The molecule has 0 saturated heterocycles. The SMILES string of the molecule is CC1CC(C)CC(Nc2ccccc2F)C1. The van der Waals surface area contributed by atoms with Gasteiger partial charge in [-0.05, 0) is 43.2 Å². The lowest BCUT2D eigenvalue weighted by Gasteiger charge is -2.32. The summed E-state index contributed by atoms with van der Waals surface area (Å²) in [4.78, 5) is 0. The highest BCUT2D eigenvalue weighted by atomic mass is 19.1. The number of nitrogens with one attached hydrogen (secondary N) is 1. The predicted octanol–water partition coefficient (Wildman–Crippen LogP) is 4.06. The van der Waals surface area contributed by atoms with Crippen LogP contribution in [0.2, 0.25) is 0 Å². The van der Waals surface area contributed by atoms with E-state index < -0.39 is 0 Å². The van der Waals surface area contributed by atoms with Gasteiger partial charge in [-0.1, -0.05) is 26.0 Å². The quantitative estimate of drug-likeness (QED) is 0.794. The van der Waals surface area contributed by atoms with Crippen LogP contribution in [0.25, 0.3) is 0 Å². The molecule has 0 heterocycles. The Morgan fingerprint density at radius 2 is 1.69 bits per heavy atom. The van der Waals surface area contributed by atoms with Crippen molar-refractivity contribution < 1.29 is 4.39 Å². The van der Waals surface area contributed by atoms with Crippen molar-refractivity contribution in [2.24, 2.45) is 11.8 Å². The van der Waals surface area contributed by atoms with Crippen LogP contribution in [-0.2, 0) is 0 Å². The van der Waals surface area contributed by atoms with E-state index in [9.17, 15) is 4.39 Å². The number of para-hydroxylation sites is 1. The van der Waals surface area contributed by atoms with Gasteiger partial charge in [0.2, 0.25) is 0 Å². The van der Waals surface area contributed by atoms with Gasteiger partial charge in [-0.3, -0.25) is 0 Å². The molecule has 2 rings (SSSR count). The van der Waals surface area contributed by atoms with Crippen LogP contribution in [0.3, 0.4) is 0 Å². The first kappa shape index (κ1) is 11.4. The zero-order valence-corrected chi connectivity index (χ0v) is 10.0. The first-order chi connectivity index (χ1) is 7.65. The maximum atomic E-state index is 13.5. The van der Waals surface area contributed by atoms with Crippen molar-refractivity contribution >= 4 is 5.69 Å². The molecule has 2 atom stereocenters. The number of anilines is 1. The van der Waals surface area contributed by atoms with Crippen LogP contribution in [0.15, 0.2) is 24.3 Å². The van der Waals surface area contributed by atoms with Crippen LogP contribution in [-0.4, -0.2) is 6.04 Å². The lowest BCUT2D eigenvalue weighted by Crippen LogP contribution is -2.30. The number of halogens is 1. The Kier molecular flexibility index (Phi) is 3.47. The fraction of sp³-hybridized carbons (Fsp3) is 0.571. The fourth-order valence-corrected chi connectivity index (χ4v) is 2.86. The standard InChI is InChI=1S/C14H20FN/c1-10-7-11(2)9-12(8-10)16-14-6-4-3-5-13(14)15/h3-6,10-12,16H,7-9H2,1-2H3. The third kappa shape index (κ3) is 2.75. The van der Waals surface area contributed by atoms with Crippen LogP contribution in [0.1, 0.15) is 33.1 Å². The van der Waals surface area contributed by atoms with E-state index in [1.165, 1.54) is 12.5 Å². The summed E-state index contributed by atoms with van der Waals surface area (Å²) in [6, 6.07) is 7.36. The molecule has 16 heavy (non-hydrogen) atoms. The summed E-state index contributed by atoms with van der Waals surface area (Å²) < 4.78 is 13.5. The Labute approximate surface area is 97.1 Å². The summed E-state index contributed by atoms with van der Waals surface area (Å²) in [5.74, 6) is 1.34. The van der Waals surface area contributed by atoms with Crippen LogP contribution in [0, 0.1) is 17.7 Å². The van der Waals surface area contributed by atoms with Gasteiger partial charge in [-0.15, -0.1) is 0 Å². The molecule has 0 aromatic heterocycles. The molecule has 1 N–H and O–H groups in total. The Morgan fingerprint density at radius 3 is 2.31 bits per heavy atom. The van der Waals surface area contributed by atoms with Gasteiger partial charge in [0.25, 0.3) is 0 Å². The van der Waals surface area contributed by atoms with Crippen molar-refractivity contribution in [2.75, 3.05) is 5.32 Å². The average Bonchev–Trinajstić information content (AvgIpc) is 2.20. The number of hydrogen-bond acceptors (Lipinski definition) is 1. The maximum Gasteiger partial charge on any atom is 0.146 e. The van der Waals surface area contributed by atoms with E-state index >= 15 is 0 Å². The Balaban J connectivity index is 2.02. The fourth-order valence-electron chi connectivity index (χ4n) is 2.86. The van der Waals surface area contributed by atoms with Gasteiger partial charge >= 0.3 is 0 Å². The third-order valence-electron chi connectivity index (χ3n) is 3.41. The van der Waals surface area contributed by atoms with E-state index in [0.717, 1.165) is 24.7 Å². The molecule has 1 aliphatic carbocycles. The molecule has 2 heteroatoms. The van der Waals surface area contributed by atoms with Gasteiger partial charge in [0.1, 0.15) is 5.82 Å². The molecule has 1 saturated carbocycles. The second-order valence-corrected chi connectivity index (χ2v) is 5.24. The summed E-state index contributed by atoms with van der Waals surface area (Å²) in [5.41, 5.74) is 0.647. The minimum absolute atomic E-state index is 0.145. The Morgan fingerprint density at radius 1 is 1.06 bits per heavy atom. The summed E-state index contributed by atoms with van der Waals surface area (Å²) in [7, 11) is 0. The van der Waals surface area contributed by atoms with Crippen LogP contribution in [0.4, 0.5) is 10.1 Å². The molecule has 0 amide bonds. The first-order valence-corrected chi connectivity index (χ1v) is 6.16. The third-order valence-corrected chi connectivity index (χ3v) is 3.41. The van der Waals surface area contributed by atoms with Crippen molar-refractivity contribution in [1.29, 1.82) is 0 Å². The zero-order valence-electron chi connectivity index (χ0n) is 10.0. The zero-order chi connectivity index (χ0) is 11.5. The molecule has 1 nitrogen and oxygen atoms in total. The van der Waals surface area contributed by atoms with Gasteiger partial charge in [-0.2, -0.15) is 0 Å². The van der Waals surface area contributed by atoms with E-state index in [4.69, 9.17) is 0 Å². The van der Waals surface area contributed by atoms with Crippen molar-refractivity contribution in [1.82, 2.24) is 0 Å². The molecular formula is C14H20FN. The molecule has 0 spiro atoms. The van der Waals surface area contributed by atoms with Crippen LogP contribution < -0.4 is 5.32 Å². The molecule has 88 valence electrons. The van der Waals surface area contributed by atoms with Gasteiger partial charge in [0.05, 0.1) is 5.69 Å². The Bertz CT molecular complexity index is 340. The van der Waals surface area contributed by atoms with Crippen LogP contribution in [0.5, 0.6) is 0 Å². The Hall–Kier alpha value is -1.05. The van der Waals surface area contributed by atoms with E-state index in [-0.39, 0.29) is 5.82 Å². The smallest absolute Gasteiger partial charge is 0.146 e. The molecule has 1 aliphatic rings. The molecular weight excluding hydrogens is 201 g/mol. The van der Waals surface area contributed by atoms with Gasteiger partial charge in [0, 0.05) is 6.04 Å². The van der Waals surface area contributed by atoms with Crippen LogP contribution >= 0.6 is 0 Å². The predicted molar refractivity (Wildman–Crippen MR) is 66.0 cm³/mol. The molecule has 0 bridgehead atoms.